The minimum absolute atomic E-state index is 0.158. The molecule has 2 nitrogen and oxygen atoms in total. The van der Waals surface area contributed by atoms with Gasteiger partial charge in [0.1, 0.15) is 0 Å². The number of benzene rings is 1. The van der Waals surface area contributed by atoms with Gasteiger partial charge >= 0.3 is 0 Å². The zero-order valence-electron chi connectivity index (χ0n) is 11.3. The van der Waals surface area contributed by atoms with Gasteiger partial charge in [0.2, 0.25) is 5.91 Å². The Bertz CT molecular complexity index is 413. The molecule has 0 unspecified atom stereocenters. The zero-order valence-corrected chi connectivity index (χ0v) is 12.1. The van der Waals surface area contributed by atoms with Crippen LogP contribution >= 0.6 is 11.6 Å². The van der Waals surface area contributed by atoms with Gasteiger partial charge < -0.3 is 5.32 Å². The van der Waals surface area contributed by atoms with Crippen LogP contribution in [0.15, 0.2) is 24.3 Å². The molecule has 1 aliphatic carbocycles. The summed E-state index contributed by atoms with van der Waals surface area (Å²) in [6, 6.07) is 7.62. The predicted molar refractivity (Wildman–Crippen MR) is 79.1 cm³/mol. The number of rotatable bonds is 5. The van der Waals surface area contributed by atoms with Crippen molar-refractivity contribution in [2.24, 2.45) is 5.92 Å². The van der Waals surface area contributed by atoms with Crippen molar-refractivity contribution >= 4 is 17.5 Å². The Labute approximate surface area is 120 Å². The van der Waals surface area contributed by atoms with Gasteiger partial charge in [-0.25, -0.2) is 0 Å². The Kier molecular flexibility index (Phi) is 5.71. The van der Waals surface area contributed by atoms with E-state index in [2.05, 4.69) is 5.32 Å². The molecule has 1 aliphatic rings. The highest BCUT2D eigenvalue weighted by molar-refractivity contribution is 6.30. The van der Waals surface area contributed by atoms with Crippen LogP contribution in [0.5, 0.6) is 0 Å². The van der Waals surface area contributed by atoms with E-state index in [0.29, 0.717) is 18.0 Å². The molecule has 0 aromatic heterocycles. The van der Waals surface area contributed by atoms with Crippen molar-refractivity contribution < 1.29 is 4.79 Å². The maximum atomic E-state index is 11.8. The van der Waals surface area contributed by atoms with Gasteiger partial charge in [-0.2, -0.15) is 0 Å². The number of amides is 1. The number of hydrogen-bond acceptors (Lipinski definition) is 1. The van der Waals surface area contributed by atoms with E-state index >= 15 is 0 Å². The lowest BCUT2D eigenvalue weighted by Gasteiger charge is -2.20. The van der Waals surface area contributed by atoms with Crippen LogP contribution in [0.2, 0.25) is 5.02 Å². The summed E-state index contributed by atoms with van der Waals surface area (Å²) in [7, 11) is 0. The van der Waals surface area contributed by atoms with E-state index in [4.69, 9.17) is 11.6 Å². The molecule has 1 aromatic carbocycles. The second-order valence-corrected chi connectivity index (χ2v) is 5.89. The maximum Gasteiger partial charge on any atom is 0.220 e. The number of carbonyl (C=O) groups is 1. The lowest BCUT2D eigenvalue weighted by molar-refractivity contribution is -0.121. The Hall–Kier alpha value is -1.02. The first kappa shape index (κ1) is 14.4. The Balaban J connectivity index is 1.66. The van der Waals surface area contributed by atoms with Crippen LogP contribution in [0, 0.1) is 5.92 Å². The third-order valence-electron chi connectivity index (χ3n) is 3.88. The van der Waals surface area contributed by atoms with Gasteiger partial charge in [0, 0.05) is 18.0 Å². The first-order chi connectivity index (χ1) is 9.24. The normalized spacial score (nSPS) is 16.3. The number of halogens is 1. The maximum absolute atomic E-state index is 11.8. The number of carbonyl (C=O) groups excluding carboxylic acids is 1. The number of nitrogens with one attached hydrogen (secondary N) is 1. The molecular weight excluding hydrogens is 258 g/mol. The summed E-state index contributed by atoms with van der Waals surface area (Å²) in [6.45, 7) is 0.573. The monoisotopic (exact) mass is 279 g/mol. The van der Waals surface area contributed by atoms with E-state index in [1.807, 2.05) is 24.3 Å². The molecule has 0 radical (unpaired) electrons. The van der Waals surface area contributed by atoms with Crippen LogP contribution in [0.1, 0.15) is 50.5 Å². The van der Waals surface area contributed by atoms with E-state index in [1.165, 1.54) is 32.1 Å². The van der Waals surface area contributed by atoms with Gasteiger partial charge in [0.15, 0.2) is 0 Å². The summed E-state index contributed by atoms with van der Waals surface area (Å²) in [6.07, 6.45) is 8.37. The van der Waals surface area contributed by atoms with Crippen molar-refractivity contribution in [2.75, 3.05) is 0 Å². The van der Waals surface area contributed by atoms with Gasteiger partial charge in [-0.1, -0.05) is 55.8 Å². The number of hydrogen-bond donors (Lipinski definition) is 1. The topological polar surface area (TPSA) is 29.1 Å². The van der Waals surface area contributed by atoms with Crippen molar-refractivity contribution in [2.45, 2.75) is 51.5 Å². The minimum Gasteiger partial charge on any atom is -0.352 e. The molecule has 1 amide bonds. The quantitative estimate of drug-likeness (QED) is 0.855. The second-order valence-electron chi connectivity index (χ2n) is 5.45. The molecule has 0 heterocycles. The summed E-state index contributed by atoms with van der Waals surface area (Å²) < 4.78 is 0. The zero-order chi connectivity index (χ0) is 13.5. The van der Waals surface area contributed by atoms with E-state index in [-0.39, 0.29) is 5.91 Å². The summed E-state index contributed by atoms with van der Waals surface area (Å²) in [4.78, 5) is 11.8. The average Bonchev–Trinajstić information content (AvgIpc) is 2.44. The van der Waals surface area contributed by atoms with E-state index in [0.717, 1.165) is 17.9 Å². The largest absolute Gasteiger partial charge is 0.352 e. The molecular formula is C16H22ClNO. The van der Waals surface area contributed by atoms with Crippen molar-refractivity contribution in [3.63, 3.8) is 0 Å². The average molecular weight is 280 g/mol. The van der Waals surface area contributed by atoms with Crippen molar-refractivity contribution in [3.05, 3.63) is 34.9 Å². The van der Waals surface area contributed by atoms with E-state index < -0.39 is 0 Å². The molecule has 0 saturated heterocycles. The van der Waals surface area contributed by atoms with Gasteiger partial charge in [-0.05, 0) is 30.0 Å². The van der Waals surface area contributed by atoms with Crippen LogP contribution in [0.25, 0.3) is 0 Å². The highest BCUT2D eigenvalue weighted by Gasteiger charge is 2.14. The molecule has 3 heteroatoms. The molecule has 1 aromatic rings. The van der Waals surface area contributed by atoms with Crippen molar-refractivity contribution in [1.29, 1.82) is 0 Å². The SMILES string of the molecule is O=C(CCC1CCCCC1)NCc1cccc(Cl)c1. The molecule has 1 saturated carbocycles. The molecule has 2 rings (SSSR count). The second kappa shape index (κ2) is 7.54. The van der Waals surface area contributed by atoms with Gasteiger partial charge in [0.05, 0.1) is 0 Å². The first-order valence-corrected chi connectivity index (χ1v) is 7.63. The molecule has 19 heavy (non-hydrogen) atoms. The Morgan fingerprint density at radius 2 is 2.05 bits per heavy atom. The van der Waals surface area contributed by atoms with E-state index in [9.17, 15) is 4.79 Å². The highest BCUT2D eigenvalue weighted by atomic mass is 35.5. The molecule has 1 fully saturated rings. The summed E-state index contributed by atoms with van der Waals surface area (Å²) >= 11 is 5.91. The molecule has 0 atom stereocenters. The molecule has 104 valence electrons. The van der Waals surface area contributed by atoms with Crippen LogP contribution < -0.4 is 5.32 Å². The molecule has 0 spiro atoms. The fourth-order valence-corrected chi connectivity index (χ4v) is 2.96. The smallest absolute Gasteiger partial charge is 0.220 e. The van der Waals surface area contributed by atoms with Crippen molar-refractivity contribution in [1.82, 2.24) is 5.32 Å². The Morgan fingerprint density at radius 1 is 1.26 bits per heavy atom. The van der Waals surface area contributed by atoms with E-state index in [1.54, 1.807) is 0 Å². The summed E-state index contributed by atoms with van der Waals surface area (Å²) in [5, 5.41) is 3.68. The third kappa shape index (κ3) is 5.23. The van der Waals surface area contributed by atoms with Gasteiger partial charge in [0.25, 0.3) is 0 Å². The predicted octanol–water partition coefficient (Wildman–Crippen LogP) is 4.32. The highest BCUT2D eigenvalue weighted by Crippen LogP contribution is 2.27. The molecule has 1 N–H and O–H groups in total. The molecule has 0 bridgehead atoms. The van der Waals surface area contributed by atoms with Gasteiger partial charge in [-0.15, -0.1) is 0 Å². The lowest BCUT2D eigenvalue weighted by Crippen LogP contribution is -2.23. The Morgan fingerprint density at radius 3 is 2.79 bits per heavy atom. The third-order valence-corrected chi connectivity index (χ3v) is 4.12. The fraction of sp³-hybridized carbons (Fsp3) is 0.562. The van der Waals surface area contributed by atoms with Crippen LogP contribution in [0.4, 0.5) is 0 Å². The van der Waals surface area contributed by atoms with Crippen LogP contribution in [-0.2, 0) is 11.3 Å². The standard InChI is InChI=1S/C16H22ClNO/c17-15-8-4-7-14(11-15)12-18-16(19)10-9-13-5-2-1-3-6-13/h4,7-8,11,13H,1-3,5-6,9-10,12H2,(H,18,19). The lowest BCUT2D eigenvalue weighted by atomic mass is 9.86. The fourth-order valence-electron chi connectivity index (χ4n) is 2.75. The summed E-state index contributed by atoms with van der Waals surface area (Å²) in [5.74, 6) is 0.927. The summed E-state index contributed by atoms with van der Waals surface area (Å²) in [5.41, 5.74) is 1.05. The van der Waals surface area contributed by atoms with Gasteiger partial charge in [-0.3, -0.25) is 4.79 Å². The first-order valence-electron chi connectivity index (χ1n) is 7.25. The van der Waals surface area contributed by atoms with Crippen LogP contribution in [-0.4, -0.2) is 5.91 Å². The molecule has 0 aliphatic heterocycles. The van der Waals surface area contributed by atoms with Crippen molar-refractivity contribution in [3.8, 4) is 0 Å². The minimum atomic E-state index is 0.158. The van der Waals surface area contributed by atoms with Crippen LogP contribution in [0.3, 0.4) is 0 Å².